The average Bonchev–Trinajstić information content (AvgIpc) is 2.32. The third-order valence-corrected chi connectivity index (χ3v) is 0.986. The Morgan fingerprint density at radius 2 is 0.846 bits per heavy atom. The highest BCUT2D eigenvalue weighted by Gasteiger charge is 2.12. The van der Waals surface area contributed by atoms with Crippen molar-refractivity contribution < 1.29 is 59.4 Å². The van der Waals surface area contributed by atoms with E-state index in [2.05, 4.69) is 0 Å². The highest BCUT2D eigenvalue weighted by atomic mass is 16.4. The summed E-state index contributed by atoms with van der Waals surface area (Å²) in [6, 6.07) is -1.06. The number of nitrogens with two attached hydrogens (primary N) is 1. The minimum atomic E-state index is -1.17. The lowest BCUT2D eigenvalue weighted by Gasteiger charge is -2.01. The smallest absolute Gasteiger partial charge is 0.320 e. The summed E-state index contributed by atoms with van der Waals surface area (Å²) >= 11 is 0. The summed E-state index contributed by atoms with van der Waals surface area (Å²) < 4.78 is 0. The van der Waals surface area contributed by atoms with Crippen LogP contribution in [0.3, 0.4) is 0 Å². The second-order valence-corrected chi connectivity index (χ2v) is 3.95. The van der Waals surface area contributed by atoms with Crippen molar-refractivity contribution in [3.63, 3.8) is 0 Å². The molecule has 0 fully saturated rings. The van der Waals surface area contributed by atoms with Gasteiger partial charge in [0.2, 0.25) is 0 Å². The second-order valence-electron chi connectivity index (χ2n) is 3.95. The molecule has 13 nitrogen and oxygen atoms in total. The minimum absolute atomic E-state index is 0.0231. The number of hydrogen-bond donors (Lipinski definition) is 7. The summed E-state index contributed by atoms with van der Waals surface area (Å²) in [5, 5.41) is 45.9. The van der Waals surface area contributed by atoms with E-state index in [1.165, 1.54) is 0 Å². The molecule has 0 saturated carbocycles. The third kappa shape index (κ3) is 243. The fourth-order valence-corrected chi connectivity index (χ4v) is 0.402. The average molecular weight is 387 g/mol. The van der Waals surface area contributed by atoms with Crippen LogP contribution in [0.4, 0.5) is 0 Å². The lowest BCUT2D eigenvalue weighted by Crippen LogP contribution is -2.30. The van der Waals surface area contributed by atoms with Crippen LogP contribution in [0, 0.1) is 0 Å². The second kappa shape index (κ2) is 24.0. The molecular weight excluding hydrogens is 362 g/mol. The zero-order chi connectivity index (χ0) is 22.5. The topological polar surface area (TPSA) is 250 Å². The van der Waals surface area contributed by atoms with Crippen LogP contribution in [0.15, 0.2) is 0 Å². The lowest BCUT2D eigenvalue weighted by atomic mass is 10.2. The van der Waals surface area contributed by atoms with E-state index in [4.69, 9.17) is 55.6 Å². The zero-order valence-corrected chi connectivity index (χ0v) is 14.7. The predicted octanol–water partition coefficient (Wildman–Crippen LogP) is -0.373. The Balaban J connectivity index is -0.0000000776. The van der Waals surface area contributed by atoms with Gasteiger partial charge < -0.3 is 36.4 Å². The van der Waals surface area contributed by atoms with Gasteiger partial charge in [0.05, 0.1) is 0 Å². The highest BCUT2D eigenvalue weighted by Crippen LogP contribution is 1.93. The van der Waals surface area contributed by atoms with Crippen molar-refractivity contribution >= 4 is 35.8 Å². The maximum absolute atomic E-state index is 9.99. The predicted molar refractivity (Wildman–Crippen MR) is 85.7 cm³/mol. The summed E-state index contributed by atoms with van der Waals surface area (Å²) in [5.41, 5.74) is 5.00. The van der Waals surface area contributed by atoms with Crippen molar-refractivity contribution in [2.75, 3.05) is 0 Å². The van der Waals surface area contributed by atoms with Crippen molar-refractivity contribution in [2.24, 2.45) is 5.73 Å². The number of aliphatic carboxylic acids is 6. The first-order chi connectivity index (χ1) is 11.5. The van der Waals surface area contributed by atoms with E-state index in [-0.39, 0.29) is 12.8 Å². The van der Waals surface area contributed by atoms with Crippen LogP contribution in [-0.4, -0.2) is 72.5 Å². The van der Waals surface area contributed by atoms with E-state index in [0.717, 1.165) is 27.7 Å². The van der Waals surface area contributed by atoms with Crippen LogP contribution in [-0.2, 0) is 28.8 Å². The summed E-state index contributed by atoms with van der Waals surface area (Å²) in [4.78, 5) is 55.9. The molecule has 26 heavy (non-hydrogen) atoms. The van der Waals surface area contributed by atoms with Crippen LogP contribution < -0.4 is 5.73 Å². The Labute approximate surface area is 148 Å². The van der Waals surface area contributed by atoms with Gasteiger partial charge in [0.25, 0.3) is 23.9 Å². The molecule has 0 aromatic heterocycles. The summed E-state index contributed by atoms with van der Waals surface area (Å²) in [6.45, 7) is 4.33. The van der Waals surface area contributed by atoms with Crippen LogP contribution in [0.25, 0.3) is 0 Å². The molecule has 0 aliphatic heterocycles. The van der Waals surface area contributed by atoms with Gasteiger partial charge in [-0.3, -0.25) is 28.8 Å². The maximum atomic E-state index is 9.99. The highest BCUT2D eigenvalue weighted by molar-refractivity contribution is 5.74. The Bertz CT molecular complexity index is 382. The molecule has 0 rings (SSSR count). The lowest BCUT2D eigenvalue weighted by molar-refractivity contribution is -0.140. The Morgan fingerprint density at radius 1 is 0.654 bits per heavy atom. The van der Waals surface area contributed by atoms with Gasteiger partial charge in [-0.15, -0.1) is 0 Å². The summed E-state index contributed by atoms with van der Waals surface area (Å²) in [6.07, 6.45) is -0.224. The van der Waals surface area contributed by atoms with Crippen molar-refractivity contribution in [3.8, 4) is 0 Å². The number of carboxylic acids is 6. The Kier molecular flexibility index (Phi) is 31.6. The number of carboxylic acid groups (broad SMARTS) is 6. The van der Waals surface area contributed by atoms with E-state index in [1.807, 2.05) is 0 Å². The first-order valence-electron chi connectivity index (χ1n) is 6.45. The number of hydrogen-bond acceptors (Lipinski definition) is 7. The van der Waals surface area contributed by atoms with Gasteiger partial charge in [0.1, 0.15) is 6.04 Å². The Morgan fingerprint density at radius 3 is 0.962 bits per heavy atom. The number of rotatable bonds is 4. The van der Waals surface area contributed by atoms with E-state index < -0.39 is 41.9 Å². The molecule has 0 aromatic carbocycles. The largest absolute Gasteiger partial charge is 0.481 e. The first kappa shape index (κ1) is 34.2. The van der Waals surface area contributed by atoms with Gasteiger partial charge in [0, 0.05) is 34.1 Å². The Hall–Kier alpha value is -3.22. The van der Waals surface area contributed by atoms with Crippen molar-refractivity contribution in [2.45, 2.75) is 46.6 Å². The van der Waals surface area contributed by atoms with Crippen LogP contribution >= 0.6 is 0 Å². The van der Waals surface area contributed by atoms with Gasteiger partial charge in [-0.2, -0.15) is 0 Å². The molecule has 1 unspecified atom stereocenters. The SMILES string of the molecule is CC(=O)O.CC(=O)O.CC(=O)O.CC(=O)O.NC(CCC(=O)O)C(=O)O. The quantitative estimate of drug-likeness (QED) is 0.325. The van der Waals surface area contributed by atoms with Crippen LogP contribution in [0.1, 0.15) is 40.5 Å². The van der Waals surface area contributed by atoms with Gasteiger partial charge in [-0.1, -0.05) is 0 Å². The monoisotopic (exact) mass is 387 g/mol. The fourth-order valence-electron chi connectivity index (χ4n) is 0.402. The molecule has 0 bridgehead atoms. The standard InChI is InChI=1S/C5H9NO4.4C2H4O2/c6-3(5(9)10)1-2-4(7)8;4*1-2(3)4/h3H,1-2,6H2,(H,7,8)(H,9,10);4*1H3,(H,3,4). The minimum Gasteiger partial charge on any atom is -0.481 e. The first-order valence-corrected chi connectivity index (χ1v) is 6.45. The van der Waals surface area contributed by atoms with Gasteiger partial charge in [0.15, 0.2) is 0 Å². The fraction of sp³-hybridized carbons (Fsp3) is 0.538. The van der Waals surface area contributed by atoms with E-state index in [9.17, 15) is 9.59 Å². The van der Waals surface area contributed by atoms with Gasteiger partial charge in [-0.25, -0.2) is 0 Å². The normalized spacial score (nSPS) is 8.65. The molecular formula is C13H25NO12. The van der Waals surface area contributed by atoms with Crippen molar-refractivity contribution in [3.05, 3.63) is 0 Å². The molecule has 0 heterocycles. The third-order valence-electron chi connectivity index (χ3n) is 0.986. The van der Waals surface area contributed by atoms with E-state index in [1.54, 1.807) is 0 Å². The van der Waals surface area contributed by atoms with Crippen LogP contribution in [0.5, 0.6) is 0 Å². The molecule has 0 aromatic rings. The van der Waals surface area contributed by atoms with Crippen molar-refractivity contribution in [1.29, 1.82) is 0 Å². The zero-order valence-electron chi connectivity index (χ0n) is 14.7. The molecule has 0 aliphatic carbocycles. The molecule has 1 atom stereocenters. The molecule has 8 N–H and O–H groups in total. The molecule has 0 radical (unpaired) electrons. The van der Waals surface area contributed by atoms with Gasteiger partial charge >= 0.3 is 11.9 Å². The summed E-state index contributed by atoms with van der Waals surface area (Å²) in [5.74, 6) is -5.53. The molecule has 0 aliphatic rings. The maximum Gasteiger partial charge on any atom is 0.320 e. The molecule has 0 amide bonds. The van der Waals surface area contributed by atoms with E-state index >= 15 is 0 Å². The van der Waals surface area contributed by atoms with Crippen LogP contribution in [0.2, 0.25) is 0 Å². The molecule has 13 heteroatoms. The number of carbonyl (C=O) groups is 6. The molecule has 154 valence electrons. The van der Waals surface area contributed by atoms with Gasteiger partial charge in [-0.05, 0) is 6.42 Å². The summed E-state index contributed by atoms with van der Waals surface area (Å²) in [7, 11) is 0. The molecule has 0 saturated heterocycles. The molecule has 0 spiro atoms. The van der Waals surface area contributed by atoms with Crippen molar-refractivity contribution in [1.82, 2.24) is 0 Å². The van der Waals surface area contributed by atoms with E-state index in [0.29, 0.717) is 0 Å².